The summed E-state index contributed by atoms with van der Waals surface area (Å²) in [6, 6.07) is 0.553. The first-order valence-corrected chi connectivity index (χ1v) is 6.36. The predicted molar refractivity (Wildman–Crippen MR) is 60.5 cm³/mol. The van der Waals surface area contributed by atoms with Crippen molar-refractivity contribution in [3.8, 4) is 0 Å². The number of nitrogens with zero attached hydrogens (tertiary/aromatic N) is 1. The van der Waals surface area contributed by atoms with E-state index in [9.17, 15) is 4.79 Å². The molecule has 2 nitrogen and oxygen atoms in total. The minimum absolute atomic E-state index is 0.239. The largest absolute Gasteiger partial charge is 0.339 e. The lowest BCUT2D eigenvalue weighted by Gasteiger charge is -2.29. The normalized spacial score (nSPS) is 28.6. The molecule has 1 heterocycles. The van der Waals surface area contributed by atoms with Gasteiger partial charge in [0.1, 0.15) is 0 Å². The van der Waals surface area contributed by atoms with E-state index in [0.29, 0.717) is 11.8 Å². The average Bonchev–Trinajstić information content (AvgIpc) is 2.85. The maximum absolute atomic E-state index is 11.6. The lowest BCUT2D eigenvalue weighted by molar-refractivity contribution is -0.130. The number of carbonyl (C=O) groups is 1. The van der Waals surface area contributed by atoms with E-state index in [-0.39, 0.29) is 5.91 Å². The molecule has 1 aliphatic heterocycles. The molecule has 1 saturated heterocycles. The first-order valence-electron chi connectivity index (χ1n) is 5.73. The quantitative estimate of drug-likeness (QED) is 0.697. The summed E-state index contributed by atoms with van der Waals surface area (Å²) in [6.45, 7) is 0.973. The van der Waals surface area contributed by atoms with Crippen LogP contribution in [0.5, 0.6) is 0 Å². The molecule has 0 radical (unpaired) electrons. The molecule has 0 spiro atoms. The van der Waals surface area contributed by atoms with Gasteiger partial charge in [0.05, 0.1) is 5.75 Å². The number of likely N-dealkylation sites (tertiary alicyclic amines) is 1. The van der Waals surface area contributed by atoms with Crippen molar-refractivity contribution in [1.82, 2.24) is 4.90 Å². The summed E-state index contributed by atoms with van der Waals surface area (Å²) in [6.07, 6.45) is 7.82. The number of carbonyl (C=O) groups excluding carboxylic acids is 1. The first-order chi connectivity index (χ1) is 6.83. The van der Waals surface area contributed by atoms with Crippen LogP contribution in [-0.2, 0) is 4.79 Å². The molecule has 3 heteroatoms. The van der Waals surface area contributed by atoms with Crippen molar-refractivity contribution in [1.29, 1.82) is 0 Å². The molecular weight excluding hydrogens is 194 g/mol. The highest BCUT2D eigenvalue weighted by Crippen LogP contribution is 2.35. The van der Waals surface area contributed by atoms with Crippen LogP contribution in [-0.4, -0.2) is 29.1 Å². The summed E-state index contributed by atoms with van der Waals surface area (Å²) in [5.41, 5.74) is 0. The molecule has 2 rings (SSSR count). The highest BCUT2D eigenvalue weighted by Gasteiger charge is 2.35. The molecule has 2 aliphatic rings. The molecule has 2 fully saturated rings. The van der Waals surface area contributed by atoms with E-state index in [1.807, 2.05) is 0 Å². The monoisotopic (exact) mass is 213 g/mol. The number of thiol groups is 1. The van der Waals surface area contributed by atoms with E-state index in [2.05, 4.69) is 17.5 Å². The van der Waals surface area contributed by atoms with E-state index in [4.69, 9.17) is 0 Å². The Morgan fingerprint density at radius 1 is 1.21 bits per heavy atom. The Hall–Kier alpha value is -0.180. The van der Waals surface area contributed by atoms with Gasteiger partial charge in [-0.3, -0.25) is 4.79 Å². The molecule has 80 valence electrons. The summed E-state index contributed by atoms with van der Waals surface area (Å²) < 4.78 is 0. The van der Waals surface area contributed by atoms with Crippen molar-refractivity contribution < 1.29 is 4.79 Å². The molecule has 1 saturated carbocycles. The topological polar surface area (TPSA) is 20.3 Å². The minimum atomic E-state index is 0.239. The van der Waals surface area contributed by atoms with Crippen LogP contribution in [0.25, 0.3) is 0 Å². The Morgan fingerprint density at radius 2 is 1.93 bits per heavy atom. The Kier molecular flexibility index (Phi) is 3.37. The van der Waals surface area contributed by atoms with Crippen LogP contribution in [0.2, 0.25) is 0 Å². The molecule has 0 aromatic heterocycles. The van der Waals surface area contributed by atoms with Gasteiger partial charge in [0.15, 0.2) is 0 Å². The number of rotatable bonds is 2. The molecule has 1 amide bonds. The summed E-state index contributed by atoms with van der Waals surface area (Å²) in [7, 11) is 0. The molecule has 0 N–H and O–H groups in total. The predicted octanol–water partition coefficient (Wildman–Crippen LogP) is 2.10. The zero-order valence-corrected chi connectivity index (χ0v) is 9.51. The van der Waals surface area contributed by atoms with Crippen molar-refractivity contribution >= 4 is 18.5 Å². The molecule has 0 aromatic carbocycles. The summed E-state index contributed by atoms with van der Waals surface area (Å²) in [5.74, 6) is 1.41. The SMILES string of the molecule is O=C(CS)N1CCCC1C1CCCC1. The van der Waals surface area contributed by atoms with E-state index in [0.717, 1.165) is 12.5 Å². The van der Waals surface area contributed by atoms with Gasteiger partial charge < -0.3 is 4.90 Å². The standard InChI is InChI=1S/C11H19NOS/c13-11(8-14)12-7-3-6-10(12)9-4-1-2-5-9/h9-10,14H,1-8H2. The summed E-state index contributed by atoms with van der Waals surface area (Å²) in [4.78, 5) is 13.7. The van der Waals surface area contributed by atoms with Gasteiger partial charge in [-0.25, -0.2) is 0 Å². The molecule has 1 unspecified atom stereocenters. The van der Waals surface area contributed by atoms with Gasteiger partial charge in [-0.15, -0.1) is 0 Å². The van der Waals surface area contributed by atoms with E-state index >= 15 is 0 Å². The van der Waals surface area contributed by atoms with Crippen LogP contribution in [0.4, 0.5) is 0 Å². The first kappa shape index (κ1) is 10.3. The Bertz CT molecular complexity index is 213. The van der Waals surface area contributed by atoms with Crippen LogP contribution in [0, 0.1) is 5.92 Å². The maximum Gasteiger partial charge on any atom is 0.232 e. The van der Waals surface area contributed by atoms with E-state index < -0.39 is 0 Å². The third kappa shape index (κ3) is 1.92. The van der Waals surface area contributed by atoms with Crippen LogP contribution in [0.1, 0.15) is 38.5 Å². The second kappa shape index (κ2) is 4.56. The molecule has 1 atom stereocenters. The zero-order chi connectivity index (χ0) is 9.97. The second-order valence-electron chi connectivity index (χ2n) is 4.50. The fourth-order valence-electron chi connectivity index (χ4n) is 3.03. The lowest BCUT2D eigenvalue weighted by Crippen LogP contribution is -2.40. The third-order valence-corrected chi connectivity index (χ3v) is 3.97. The molecule has 14 heavy (non-hydrogen) atoms. The number of hydrogen-bond donors (Lipinski definition) is 1. The van der Waals surface area contributed by atoms with E-state index in [1.54, 1.807) is 0 Å². The Labute approximate surface area is 91.5 Å². The van der Waals surface area contributed by atoms with Gasteiger partial charge >= 0.3 is 0 Å². The highest BCUT2D eigenvalue weighted by molar-refractivity contribution is 7.81. The average molecular weight is 213 g/mol. The van der Waals surface area contributed by atoms with Gasteiger partial charge in [0.2, 0.25) is 5.91 Å². The smallest absolute Gasteiger partial charge is 0.232 e. The van der Waals surface area contributed by atoms with Crippen molar-refractivity contribution in [2.45, 2.75) is 44.6 Å². The van der Waals surface area contributed by atoms with Crippen LogP contribution in [0.3, 0.4) is 0 Å². The van der Waals surface area contributed by atoms with Crippen molar-refractivity contribution in [3.05, 3.63) is 0 Å². The molecule has 0 bridgehead atoms. The van der Waals surface area contributed by atoms with Crippen LogP contribution in [0.15, 0.2) is 0 Å². The summed E-state index contributed by atoms with van der Waals surface area (Å²) in [5, 5.41) is 0. The van der Waals surface area contributed by atoms with E-state index in [1.165, 1.54) is 38.5 Å². The highest BCUT2D eigenvalue weighted by atomic mass is 32.1. The molecule has 0 aromatic rings. The molecular formula is C11H19NOS. The second-order valence-corrected chi connectivity index (χ2v) is 4.82. The fraction of sp³-hybridized carbons (Fsp3) is 0.909. The van der Waals surface area contributed by atoms with Gasteiger partial charge in [-0.1, -0.05) is 12.8 Å². The summed E-state index contributed by atoms with van der Waals surface area (Å²) >= 11 is 4.08. The Balaban J connectivity index is 1.98. The Morgan fingerprint density at radius 3 is 2.57 bits per heavy atom. The minimum Gasteiger partial charge on any atom is -0.339 e. The number of amides is 1. The zero-order valence-electron chi connectivity index (χ0n) is 8.61. The fourth-order valence-corrected chi connectivity index (χ4v) is 3.21. The van der Waals surface area contributed by atoms with Crippen LogP contribution < -0.4 is 0 Å². The lowest BCUT2D eigenvalue weighted by atomic mass is 9.96. The van der Waals surface area contributed by atoms with Gasteiger partial charge in [-0.2, -0.15) is 12.6 Å². The number of hydrogen-bond acceptors (Lipinski definition) is 2. The van der Waals surface area contributed by atoms with Gasteiger partial charge in [0.25, 0.3) is 0 Å². The van der Waals surface area contributed by atoms with Crippen molar-refractivity contribution in [3.63, 3.8) is 0 Å². The van der Waals surface area contributed by atoms with Crippen molar-refractivity contribution in [2.24, 2.45) is 5.92 Å². The van der Waals surface area contributed by atoms with Gasteiger partial charge in [0, 0.05) is 12.6 Å². The maximum atomic E-state index is 11.6. The molecule has 1 aliphatic carbocycles. The van der Waals surface area contributed by atoms with Crippen molar-refractivity contribution in [2.75, 3.05) is 12.3 Å². The third-order valence-electron chi connectivity index (χ3n) is 3.70. The van der Waals surface area contributed by atoms with Crippen LogP contribution >= 0.6 is 12.6 Å². The van der Waals surface area contributed by atoms with Gasteiger partial charge in [-0.05, 0) is 31.6 Å².